The van der Waals surface area contributed by atoms with E-state index < -0.39 is 23.6 Å². The lowest BCUT2D eigenvalue weighted by Crippen LogP contribution is -2.18. The van der Waals surface area contributed by atoms with Crippen LogP contribution in [-0.2, 0) is 21.3 Å². The normalized spacial score (nSPS) is 10.7. The Morgan fingerprint density at radius 1 is 1.50 bits per heavy atom. The van der Waals surface area contributed by atoms with Gasteiger partial charge in [0.15, 0.2) is 0 Å². The molecule has 0 saturated heterocycles. The van der Waals surface area contributed by atoms with Gasteiger partial charge in [-0.1, -0.05) is 15.9 Å². The van der Waals surface area contributed by atoms with Crippen LogP contribution in [0, 0.1) is 0 Å². The quantitative estimate of drug-likeness (QED) is 0.668. The molecule has 0 radical (unpaired) electrons. The molecule has 1 N–H and O–H groups in total. The number of hydrogen-bond donors (Lipinski definition) is 1. The Morgan fingerprint density at radius 3 is 2.67 bits per heavy atom. The van der Waals surface area contributed by atoms with Crippen LogP contribution in [0.25, 0.3) is 0 Å². The summed E-state index contributed by atoms with van der Waals surface area (Å²) < 4.78 is 30.2. The standard InChI is InChI=1S/C11H12BrF2NO3/c1-2-18-8(16)4-6-3-7(5-12)11(17)15-9(6)10(13)14/h3,10H,2,4-5H2,1H3,(H,15,17). The van der Waals surface area contributed by atoms with Crippen molar-refractivity contribution in [3.8, 4) is 0 Å². The first-order chi connectivity index (χ1) is 8.49. The van der Waals surface area contributed by atoms with Crippen LogP contribution in [0.4, 0.5) is 8.78 Å². The van der Waals surface area contributed by atoms with Crippen LogP contribution in [0.15, 0.2) is 10.9 Å². The highest BCUT2D eigenvalue weighted by atomic mass is 79.9. The third kappa shape index (κ3) is 3.63. The molecule has 1 rings (SSSR count). The summed E-state index contributed by atoms with van der Waals surface area (Å²) >= 11 is 3.08. The van der Waals surface area contributed by atoms with E-state index in [0.717, 1.165) is 0 Å². The van der Waals surface area contributed by atoms with Crippen LogP contribution in [-0.4, -0.2) is 17.6 Å². The number of esters is 1. The highest BCUT2D eigenvalue weighted by Gasteiger charge is 2.18. The van der Waals surface area contributed by atoms with Crippen LogP contribution in [0.1, 0.15) is 30.2 Å². The Hall–Kier alpha value is -1.24. The third-order valence-electron chi connectivity index (χ3n) is 2.24. The lowest BCUT2D eigenvalue weighted by Gasteiger charge is -2.09. The van der Waals surface area contributed by atoms with Crippen molar-refractivity contribution in [1.29, 1.82) is 0 Å². The molecule has 18 heavy (non-hydrogen) atoms. The molecular formula is C11H12BrF2NO3. The second-order valence-corrected chi connectivity index (χ2v) is 4.04. The van der Waals surface area contributed by atoms with E-state index in [1.54, 1.807) is 6.92 Å². The van der Waals surface area contributed by atoms with Gasteiger partial charge >= 0.3 is 5.97 Å². The van der Waals surface area contributed by atoms with Gasteiger partial charge in [-0.3, -0.25) is 9.59 Å². The Morgan fingerprint density at radius 2 is 2.17 bits per heavy atom. The Balaban J connectivity index is 3.14. The van der Waals surface area contributed by atoms with E-state index in [4.69, 9.17) is 4.74 Å². The van der Waals surface area contributed by atoms with Crippen LogP contribution < -0.4 is 5.56 Å². The number of hydrogen-bond acceptors (Lipinski definition) is 3. The van der Waals surface area contributed by atoms with E-state index in [-0.39, 0.29) is 23.9 Å². The van der Waals surface area contributed by atoms with Crippen LogP contribution in [0.5, 0.6) is 0 Å². The molecule has 0 spiro atoms. The number of carbonyl (C=O) groups is 1. The lowest BCUT2D eigenvalue weighted by atomic mass is 10.1. The van der Waals surface area contributed by atoms with E-state index >= 15 is 0 Å². The first kappa shape index (κ1) is 14.8. The zero-order chi connectivity index (χ0) is 13.7. The largest absolute Gasteiger partial charge is 0.466 e. The summed E-state index contributed by atoms with van der Waals surface area (Å²) in [6.45, 7) is 1.81. The van der Waals surface area contributed by atoms with Crippen LogP contribution >= 0.6 is 15.9 Å². The van der Waals surface area contributed by atoms with E-state index in [1.807, 2.05) is 0 Å². The highest BCUT2D eigenvalue weighted by molar-refractivity contribution is 9.08. The molecule has 100 valence electrons. The Bertz CT molecular complexity index is 488. The molecule has 0 aliphatic rings. The summed E-state index contributed by atoms with van der Waals surface area (Å²) in [5, 5.41) is 0.224. The van der Waals surface area contributed by atoms with Gasteiger partial charge in [-0.15, -0.1) is 0 Å². The van der Waals surface area contributed by atoms with E-state index in [0.29, 0.717) is 5.56 Å². The number of pyridine rings is 1. The number of aromatic nitrogens is 1. The fourth-order valence-corrected chi connectivity index (χ4v) is 1.86. The molecule has 1 aromatic heterocycles. The second-order valence-electron chi connectivity index (χ2n) is 3.48. The summed E-state index contributed by atoms with van der Waals surface area (Å²) in [4.78, 5) is 24.8. The molecule has 1 aromatic rings. The molecule has 4 nitrogen and oxygen atoms in total. The number of carbonyl (C=O) groups excluding carboxylic acids is 1. The molecule has 0 amide bonds. The zero-order valence-corrected chi connectivity index (χ0v) is 11.2. The van der Waals surface area contributed by atoms with Gasteiger partial charge in [0.1, 0.15) is 0 Å². The average molecular weight is 324 g/mol. The number of nitrogens with one attached hydrogen (secondary N) is 1. The Kier molecular flexibility index (Phi) is 5.46. The number of alkyl halides is 3. The first-order valence-corrected chi connectivity index (χ1v) is 6.36. The van der Waals surface area contributed by atoms with Gasteiger partial charge in [0.25, 0.3) is 12.0 Å². The molecule has 0 fully saturated rings. The fourth-order valence-electron chi connectivity index (χ4n) is 1.44. The van der Waals surface area contributed by atoms with Crippen molar-refractivity contribution >= 4 is 21.9 Å². The minimum Gasteiger partial charge on any atom is -0.466 e. The molecular weight excluding hydrogens is 312 g/mol. The van der Waals surface area contributed by atoms with Gasteiger partial charge in [-0.2, -0.15) is 0 Å². The molecule has 0 unspecified atom stereocenters. The molecule has 0 atom stereocenters. The second kappa shape index (κ2) is 6.63. The molecule has 1 heterocycles. The molecule has 0 aromatic carbocycles. The topological polar surface area (TPSA) is 59.2 Å². The predicted molar refractivity (Wildman–Crippen MR) is 65.0 cm³/mol. The average Bonchev–Trinajstić information content (AvgIpc) is 2.30. The number of aromatic amines is 1. The summed E-state index contributed by atoms with van der Waals surface area (Å²) in [6, 6.07) is 1.30. The smallest absolute Gasteiger partial charge is 0.310 e. The van der Waals surface area contributed by atoms with Crippen molar-refractivity contribution in [2.75, 3.05) is 6.61 Å². The first-order valence-electron chi connectivity index (χ1n) is 5.24. The van der Waals surface area contributed by atoms with E-state index in [9.17, 15) is 18.4 Å². The van der Waals surface area contributed by atoms with Crippen molar-refractivity contribution in [2.45, 2.75) is 25.1 Å². The fraction of sp³-hybridized carbons (Fsp3) is 0.455. The van der Waals surface area contributed by atoms with E-state index in [2.05, 4.69) is 20.9 Å². The van der Waals surface area contributed by atoms with Gasteiger partial charge < -0.3 is 9.72 Å². The summed E-state index contributed by atoms with van der Waals surface area (Å²) in [6.07, 6.45) is -3.13. The SMILES string of the molecule is CCOC(=O)Cc1cc(CBr)c(=O)[nH]c1C(F)F. The van der Waals surface area contributed by atoms with Gasteiger partial charge in [0.05, 0.1) is 18.7 Å². The maximum Gasteiger partial charge on any atom is 0.310 e. The van der Waals surface area contributed by atoms with Crippen molar-refractivity contribution < 1.29 is 18.3 Å². The molecule has 7 heteroatoms. The third-order valence-corrected chi connectivity index (χ3v) is 2.84. The lowest BCUT2D eigenvalue weighted by molar-refractivity contribution is -0.142. The minimum absolute atomic E-state index is 0.0810. The number of H-pyrrole nitrogens is 1. The van der Waals surface area contributed by atoms with Gasteiger partial charge in [-0.05, 0) is 18.6 Å². The molecule has 0 aliphatic heterocycles. The highest BCUT2D eigenvalue weighted by Crippen LogP contribution is 2.21. The number of rotatable bonds is 5. The van der Waals surface area contributed by atoms with Crippen LogP contribution in [0.2, 0.25) is 0 Å². The maximum atomic E-state index is 12.7. The zero-order valence-electron chi connectivity index (χ0n) is 9.63. The van der Waals surface area contributed by atoms with E-state index in [1.165, 1.54) is 6.07 Å². The van der Waals surface area contributed by atoms with Crippen LogP contribution in [0.3, 0.4) is 0 Å². The van der Waals surface area contributed by atoms with Crippen molar-refractivity contribution in [2.24, 2.45) is 0 Å². The van der Waals surface area contributed by atoms with Crippen molar-refractivity contribution in [1.82, 2.24) is 4.98 Å². The van der Waals surface area contributed by atoms with Crippen molar-refractivity contribution in [3.63, 3.8) is 0 Å². The van der Waals surface area contributed by atoms with Gasteiger partial charge in [0.2, 0.25) is 0 Å². The number of ether oxygens (including phenoxy) is 1. The molecule has 0 saturated carbocycles. The summed E-state index contributed by atoms with van der Waals surface area (Å²) in [5.41, 5.74) is -0.747. The maximum absolute atomic E-state index is 12.7. The minimum atomic E-state index is -2.84. The molecule has 0 aliphatic carbocycles. The predicted octanol–water partition coefficient (Wildman–Crippen LogP) is 2.31. The molecule has 0 bridgehead atoms. The van der Waals surface area contributed by atoms with Gasteiger partial charge in [-0.25, -0.2) is 8.78 Å². The number of halogens is 3. The summed E-state index contributed by atoms with van der Waals surface area (Å²) in [7, 11) is 0. The van der Waals surface area contributed by atoms with Gasteiger partial charge in [0, 0.05) is 10.9 Å². The monoisotopic (exact) mass is 323 g/mol. The van der Waals surface area contributed by atoms with Crippen molar-refractivity contribution in [3.05, 3.63) is 33.2 Å². The summed E-state index contributed by atoms with van der Waals surface area (Å²) in [5.74, 6) is -0.605. The Labute approximate surface area is 110 Å².